The van der Waals surface area contributed by atoms with Gasteiger partial charge in [0.15, 0.2) is 0 Å². The van der Waals surface area contributed by atoms with E-state index in [0.717, 1.165) is 0 Å². The van der Waals surface area contributed by atoms with Crippen LogP contribution >= 0.6 is 23.2 Å². The van der Waals surface area contributed by atoms with Gasteiger partial charge in [-0.15, -0.1) is 0 Å². The Bertz CT molecular complexity index is 600. The zero-order valence-corrected chi connectivity index (χ0v) is 13.2. The predicted octanol–water partition coefficient (Wildman–Crippen LogP) is 4.36. The summed E-state index contributed by atoms with van der Waals surface area (Å²) >= 11 is 12.1. The molecule has 1 radical (unpaired) electrons. The molecular weight excluding hydrogens is 393 g/mol. The molecule has 0 aliphatic heterocycles. The Morgan fingerprint density at radius 3 is 2.25 bits per heavy atom. The van der Waals surface area contributed by atoms with Crippen molar-refractivity contribution in [3.63, 3.8) is 0 Å². The van der Waals surface area contributed by atoms with Crippen molar-refractivity contribution in [1.29, 1.82) is 0 Å². The van der Waals surface area contributed by atoms with Crippen molar-refractivity contribution in [3.05, 3.63) is 58.1 Å². The van der Waals surface area contributed by atoms with Crippen LogP contribution in [0.3, 0.4) is 0 Å². The summed E-state index contributed by atoms with van der Waals surface area (Å²) in [5.41, 5.74) is 1.93. The standard InChI is InChI=1S/C14H11Cl2NO2.Ag/c15-10-5-3-6-11(16)14(10)17-12-7-2-1-4-9(12)8-13(18)19;/h1-7,17H,8H2,(H,18,19);. The third-order valence-corrected chi connectivity index (χ3v) is 3.21. The fraction of sp³-hybridized carbons (Fsp3) is 0.0714. The van der Waals surface area contributed by atoms with Crippen LogP contribution in [0.2, 0.25) is 10.0 Å². The van der Waals surface area contributed by atoms with Gasteiger partial charge >= 0.3 is 5.97 Å². The van der Waals surface area contributed by atoms with Gasteiger partial charge < -0.3 is 10.4 Å². The zero-order chi connectivity index (χ0) is 13.8. The molecule has 0 amide bonds. The molecule has 3 nitrogen and oxygen atoms in total. The van der Waals surface area contributed by atoms with Crippen LogP contribution in [0, 0.1) is 0 Å². The summed E-state index contributed by atoms with van der Waals surface area (Å²) < 4.78 is 0. The Balaban J connectivity index is 0.00000200. The maximum Gasteiger partial charge on any atom is 0.307 e. The van der Waals surface area contributed by atoms with Crippen LogP contribution in [-0.4, -0.2) is 11.1 Å². The van der Waals surface area contributed by atoms with E-state index in [-0.39, 0.29) is 28.8 Å². The SMILES string of the molecule is O=C(O)Cc1ccccc1Nc1c(Cl)cccc1Cl.[Ag]. The van der Waals surface area contributed by atoms with E-state index in [0.29, 0.717) is 27.0 Å². The van der Waals surface area contributed by atoms with Crippen LogP contribution in [-0.2, 0) is 33.6 Å². The molecule has 0 spiro atoms. The first-order chi connectivity index (χ1) is 9.08. The van der Waals surface area contributed by atoms with E-state index in [2.05, 4.69) is 5.32 Å². The number of benzene rings is 2. The molecule has 2 aromatic rings. The number of aliphatic carboxylic acids is 1. The molecular formula is C14H11AgCl2NO2. The number of halogens is 2. The zero-order valence-electron chi connectivity index (χ0n) is 10.2. The molecule has 0 aliphatic carbocycles. The first-order valence-electron chi connectivity index (χ1n) is 5.58. The number of hydrogen-bond donors (Lipinski definition) is 2. The molecule has 20 heavy (non-hydrogen) atoms. The van der Waals surface area contributed by atoms with E-state index >= 15 is 0 Å². The number of carboxylic acid groups (broad SMARTS) is 1. The van der Waals surface area contributed by atoms with Gasteiger partial charge in [-0.25, -0.2) is 0 Å². The molecule has 0 bridgehead atoms. The second-order valence-corrected chi connectivity index (χ2v) is 4.76. The Morgan fingerprint density at radius 1 is 1.05 bits per heavy atom. The van der Waals surface area contributed by atoms with Gasteiger partial charge in [-0.05, 0) is 23.8 Å². The second kappa shape index (κ2) is 7.72. The Hall–Kier alpha value is -0.970. The normalized spacial score (nSPS) is 9.70. The van der Waals surface area contributed by atoms with E-state index in [4.69, 9.17) is 28.3 Å². The fourth-order valence-corrected chi connectivity index (χ4v) is 2.20. The maximum atomic E-state index is 10.8. The van der Waals surface area contributed by atoms with Crippen molar-refractivity contribution in [1.82, 2.24) is 0 Å². The quantitative estimate of drug-likeness (QED) is 0.745. The van der Waals surface area contributed by atoms with Crippen molar-refractivity contribution in [2.75, 3.05) is 5.32 Å². The number of para-hydroxylation sites is 2. The molecule has 2 N–H and O–H groups in total. The Labute approximate surface area is 142 Å². The van der Waals surface area contributed by atoms with Crippen molar-refractivity contribution in [2.24, 2.45) is 0 Å². The van der Waals surface area contributed by atoms with Crippen molar-refractivity contribution in [3.8, 4) is 0 Å². The second-order valence-electron chi connectivity index (χ2n) is 3.95. The van der Waals surface area contributed by atoms with E-state index in [9.17, 15) is 4.79 Å². The summed E-state index contributed by atoms with van der Waals surface area (Å²) in [6.07, 6.45) is -0.0642. The van der Waals surface area contributed by atoms with Crippen LogP contribution in [0.1, 0.15) is 5.56 Å². The van der Waals surface area contributed by atoms with Crippen LogP contribution in [0.4, 0.5) is 11.4 Å². The number of hydrogen-bond acceptors (Lipinski definition) is 2. The molecule has 0 aliphatic rings. The van der Waals surface area contributed by atoms with E-state index in [1.165, 1.54) is 0 Å². The number of carboxylic acids is 1. The molecule has 0 heterocycles. The van der Waals surface area contributed by atoms with Gasteiger partial charge in [-0.2, -0.15) is 0 Å². The minimum absolute atomic E-state index is 0. The van der Waals surface area contributed by atoms with E-state index in [1.54, 1.807) is 36.4 Å². The van der Waals surface area contributed by atoms with Gasteiger partial charge in [0.05, 0.1) is 22.2 Å². The molecule has 0 aromatic heterocycles. The largest absolute Gasteiger partial charge is 0.481 e. The van der Waals surface area contributed by atoms with Gasteiger partial charge in [-0.1, -0.05) is 47.5 Å². The summed E-state index contributed by atoms with van der Waals surface area (Å²) in [6.45, 7) is 0. The maximum absolute atomic E-state index is 10.8. The summed E-state index contributed by atoms with van der Waals surface area (Å²) in [7, 11) is 0. The summed E-state index contributed by atoms with van der Waals surface area (Å²) in [5.74, 6) is -0.889. The van der Waals surface area contributed by atoms with Gasteiger partial charge in [0.25, 0.3) is 0 Å². The third-order valence-electron chi connectivity index (χ3n) is 2.58. The topological polar surface area (TPSA) is 49.3 Å². The fourth-order valence-electron chi connectivity index (χ4n) is 1.71. The smallest absolute Gasteiger partial charge is 0.307 e. The number of carbonyl (C=O) groups is 1. The molecule has 0 saturated heterocycles. The molecule has 6 heteroatoms. The van der Waals surface area contributed by atoms with Gasteiger partial charge in [0, 0.05) is 28.1 Å². The first kappa shape index (κ1) is 17.1. The summed E-state index contributed by atoms with van der Waals surface area (Å²) in [5, 5.41) is 12.9. The third kappa shape index (κ3) is 4.27. The summed E-state index contributed by atoms with van der Waals surface area (Å²) in [4.78, 5) is 10.8. The van der Waals surface area contributed by atoms with Crippen molar-refractivity contribution < 1.29 is 32.3 Å². The molecule has 109 valence electrons. The molecule has 0 saturated carbocycles. The number of rotatable bonds is 4. The Kier molecular flexibility index (Phi) is 6.59. The van der Waals surface area contributed by atoms with E-state index in [1.807, 2.05) is 6.07 Å². The van der Waals surface area contributed by atoms with E-state index < -0.39 is 5.97 Å². The number of nitrogens with one attached hydrogen (secondary N) is 1. The van der Waals surface area contributed by atoms with Crippen LogP contribution < -0.4 is 5.32 Å². The minimum Gasteiger partial charge on any atom is -0.481 e. The average molecular weight is 404 g/mol. The average Bonchev–Trinajstić information content (AvgIpc) is 2.35. The van der Waals surface area contributed by atoms with Crippen molar-refractivity contribution in [2.45, 2.75) is 6.42 Å². The molecule has 0 fully saturated rings. The monoisotopic (exact) mass is 402 g/mol. The van der Waals surface area contributed by atoms with Crippen molar-refractivity contribution >= 4 is 40.5 Å². The van der Waals surface area contributed by atoms with Crippen LogP contribution in [0.15, 0.2) is 42.5 Å². The molecule has 2 rings (SSSR count). The summed E-state index contributed by atoms with van der Waals surface area (Å²) in [6, 6.07) is 12.3. The molecule has 2 aromatic carbocycles. The molecule has 0 atom stereocenters. The van der Waals surface area contributed by atoms with Gasteiger partial charge in [0.1, 0.15) is 0 Å². The molecule has 0 unspecified atom stereocenters. The van der Waals surface area contributed by atoms with Gasteiger partial charge in [0.2, 0.25) is 0 Å². The van der Waals surface area contributed by atoms with Crippen LogP contribution in [0.25, 0.3) is 0 Å². The van der Waals surface area contributed by atoms with Crippen LogP contribution in [0.5, 0.6) is 0 Å². The minimum atomic E-state index is -0.889. The van der Waals surface area contributed by atoms with Gasteiger partial charge in [-0.3, -0.25) is 4.79 Å². The number of anilines is 2. The first-order valence-corrected chi connectivity index (χ1v) is 6.34. The Morgan fingerprint density at radius 2 is 1.65 bits per heavy atom. The predicted molar refractivity (Wildman–Crippen MR) is 77.5 cm³/mol.